The molecule has 23 heavy (non-hydrogen) atoms. The van der Waals surface area contributed by atoms with Gasteiger partial charge in [0.1, 0.15) is 11.6 Å². The van der Waals surface area contributed by atoms with E-state index in [1.54, 1.807) is 13.2 Å². The van der Waals surface area contributed by atoms with E-state index in [4.69, 9.17) is 10.5 Å². The van der Waals surface area contributed by atoms with E-state index >= 15 is 0 Å². The molecular weight excluding hydrogens is 312 g/mol. The molecule has 122 valence electrons. The zero-order valence-electron chi connectivity index (χ0n) is 13.4. The molecule has 0 fully saturated rings. The van der Waals surface area contributed by atoms with Gasteiger partial charge in [0.15, 0.2) is 5.16 Å². The topological polar surface area (TPSA) is 90.1 Å². The minimum Gasteiger partial charge on any atom is -0.497 e. The van der Waals surface area contributed by atoms with Crippen LogP contribution in [0.4, 0.5) is 5.82 Å². The van der Waals surface area contributed by atoms with E-state index in [1.807, 2.05) is 38.1 Å². The number of hydrogen-bond donors (Lipinski definition) is 2. The lowest BCUT2D eigenvalue weighted by Gasteiger charge is -2.12. The highest BCUT2D eigenvalue weighted by atomic mass is 32.2. The number of carbonyl (C=O) groups is 1. The quantitative estimate of drug-likeness (QED) is 0.622. The standard InChI is InChI=1S/C16H20N4O2S/c1-10-8-14(17)20-16(19-10)23-11(2)15(21)18-9-12-4-6-13(22-3)7-5-12/h4-8,11H,9H2,1-3H3,(H,18,21)(H2,17,19,20). The number of nitrogen functional groups attached to an aromatic ring is 1. The number of ether oxygens (including phenoxy) is 1. The van der Waals surface area contributed by atoms with Gasteiger partial charge in [-0.1, -0.05) is 23.9 Å². The maximum Gasteiger partial charge on any atom is 0.233 e. The summed E-state index contributed by atoms with van der Waals surface area (Å²) >= 11 is 1.29. The van der Waals surface area contributed by atoms with E-state index in [1.165, 1.54) is 11.8 Å². The fourth-order valence-corrected chi connectivity index (χ4v) is 2.77. The van der Waals surface area contributed by atoms with Crippen LogP contribution in [0.15, 0.2) is 35.5 Å². The van der Waals surface area contributed by atoms with Gasteiger partial charge in [0.05, 0.1) is 12.4 Å². The number of nitrogens with zero attached hydrogens (tertiary/aromatic N) is 2. The van der Waals surface area contributed by atoms with Gasteiger partial charge in [0, 0.05) is 18.3 Å². The molecule has 7 heteroatoms. The van der Waals surface area contributed by atoms with Crippen LogP contribution < -0.4 is 15.8 Å². The Labute approximate surface area is 139 Å². The van der Waals surface area contributed by atoms with Crippen molar-refractivity contribution >= 4 is 23.5 Å². The van der Waals surface area contributed by atoms with Gasteiger partial charge in [-0.25, -0.2) is 9.97 Å². The fraction of sp³-hybridized carbons (Fsp3) is 0.312. The molecule has 2 rings (SSSR count). The predicted octanol–water partition coefficient (Wildman–Crippen LogP) is 2.17. The van der Waals surface area contributed by atoms with Crippen LogP contribution in [0.1, 0.15) is 18.2 Å². The molecule has 0 aliphatic heterocycles. The first-order chi connectivity index (χ1) is 11.0. The molecule has 1 atom stereocenters. The third kappa shape index (κ3) is 5.14. The summed E-state index contributed by atoms with van der Waals surface area (Å²) in [4.78, 5) is 20.6. The first kappa shape index (κ1) is 17.1. The van der Waals surface area contributed by atoms with Gasteiger partial charge in [-0.2, -0.15) is 0 Å². The summed E-state index contributed by atoms with van der Waals surface area (Å²) < 4.78 is 5.10. The Balaban J connectivity index is 1.89. The van der Waals surface area contributed by atoms with Crippen LogP contribution in [-0.4, -0.2) is 28.2 Å². The maximum atomic E-state index is 12.2. The van der Waals surface area contributed by atoms with E-state index in [0.29, 0.717) is 17.5 Å². The molecule has 1 aromatic carbocycles. The van der Waals surface area contributed by atoms with E-state index in [2.05, 4.69) is 15.3 Å². The van der Waals surface area contributed by atoms with Gasteiger partial charge in [0.25, 0.3) is 0 Å². The summed E-state index contributed by atoms with van der Waals surface area (Å²) in [5.41, 5.74) is 7.48. The molecule has 1 aromatic heterocycles. The van der Waals surface area contributed by atoms with Gasteiger partial charge in [-0.05, 0) is 31.5 Å². The Bertz CT molecular complexity index is 656. The average molecular weight is 332 g/mol. The first-order valence-corrected chi connectivity index (χ1v) is 8.04. The van der Waals surface area contributed by atoms with Gasteiger partial charge in [0.2, 0.25) is 5.91 Å². The highest BCUT2D eigenvalue weighted by Gasteiger charge is 2.16. The van der Waals surface area contributed by atoms with Gasteiger partial charge >= 0.3 is 0 Å². The first-order valence-electron chi connectivity index (χ1n) is 7.16. The van der Waals surface area contributed by atoms with E-state index in [-0.39, 0.29) is 11.2 Å². The molecule has 0 aliphatic carbocycles. The van der Waals surface area contributed by atoms with Crippen LogP contribution in [0, 0.1) is 6.92 Å². The van der Waals surface area contributed by atoms with Crippen molar-refractivity contribution in [3.63, 3.8) is 0 Å². The summed E-state index contributed by atoms with van der Waals surface area (Å²) in [6.45, 7) is 4.12. The van der Waals surface area contributed by atoms with Crippen molar-refractivity contribution in [2.75, 3.05) is 12.8 Å². The second kappa shape index (κ2) is 7.82. The summed E-state index contributed by atoms with van der Waals surface area (Å²) in [6, 6.07) is 9.26. The summed E-state index contributed by atoms with van der Waals surface area (Å²) in [7, 11) is 1.62. The number of nitrogens with one attached hydrogen (secondary N) is 1. The van der Waals surface area contributed by atoms with E-state index < -0.39 is 0 Å². The van der Waals surface area contributed by atoms with Crippen molar-refractivity contribution in [2.45, 2.75) is 30.8 Å². The summed E-state index contributed by atoms with van der Waals surface area (Å²) in [5.74, 6) is 1.12. The Hall–Kier alpha value is -2.28. The van der Waals surface area contributed by atoms with Crippen molar-refractivity contribution < 1.29 is 9.53 Å². The summed E-state index contributed by atoms with van der Waals surface area (Å²) in [6.07, 6.45) is 0. The Morgan fingerprint density at radius 3 is 2.65 bits per heavy atom. The largest absolute Gasteiger partial charge is 0.497 e. The lowest BCUT2D eigenvalue weighted by Crippen LogP contribution is -2.30. The zero-order valence-corrected chi connectivity index (χ0v) is 14.2. The molecular formula is C16H20N4O2S. The third-order valence-electron chi connectivity index (χ3n) is 3.13. The lowest BCUT2D eigenvalue weighted by molar-refractivity contribution is -0.120. The van der Waals surface area contributed by atoms with Crippen LogP contribution in [0.2, 0.25) is 0 Å². The minimum absolute atomic E-state index is 0.0745. The van der Waals surface area contributed by atoms with E-state index in [0.717, 1.165) is 17.0 Å². The van der Waals surface area contributed by atoms with Crippen LogP contribution in [0.25, 0.3) is 0 Å². The Kier molecular flexibility index (Phi) is 5.81. The zero-order chi connectivity index (χ0) is 16.8. The second-order valence-corrected chi connectivity index (χ2v) is 6.35. The van der Waals surface area contributed by atoms with Gasteiger partial charge in [-0.15, -0.1) is 0 Å². The maximum absolute atomic E-state index is 12.2. The number of thioether (sulfide) groups is 1. The molecule has 2 aromatic rings. The van der Waals surface area contributed by atoms with Crippen LogP contribution in [-0.2, 0) is 11.3 Å². The highest BCUT2D eigenvalue weighted by Crippen LogP contribution is 2.21. The third-order valence-corrected chi connectivity index (χ3v) is 4.09. The van der Waals surface area contributed by atoms with Gasteiger partial charge < -0.3 is 15.8 Å². The number of nitrogens with two attached hydrogens (primary N) is 1. The number of hydrogen-bond acceptors (Lipinski definition) is 6. The SMILES string of the molecule is COc1ccc(CNC(=O)C(C)Sc2nc(C)cc(N)n2)cc1. The van der Waals surface area contributed by atoms with Crippen LogP contribution >= 0.6 is 11.8 Å². The van der Waals surface area contributed by atoms with Crippen molar-refractivity contribution in [1.82, 2.24) is 15.3 Å². The number of benzene rings is 1. The molecule has 0 saturated heterocycles. The van der Waals surface area contributed by atoms with Crippen LogP contribution in [0.5, 0.6) is 5.75 Å². The molecule has 3 N–H and O–H groups in total. The number of rotatable bonds is 6. The normalized spacial score (nSPS) is 11.8. The molecule has 1 heterocycles. The second-order valence-electron chi connectivity index (χ2n) is 5.04. The van der Waals surface area contributed by atoms with Crippen molar-refractivity contribution in [2.24, 2.45) is 0 Å². The van der Waals surface area contributed by atoms with Crippen LogP contribution in [0.3, 0.4) is 0 Å². The number of anilines is 1. The molecule has 1 unspecified atom stereocenters. The number of aromatic nitrogens is 2. The number of amides is 1. The molecule has 0 bridgehead atoms. The molecule has 0 aliphatic rings. The number of carbonyl (C=O) groups excluding carboxylic acids is 1. The minimum atomic E-state index is -0.311. The number of aryl methyl sites for hydroxylation is 1. The monoisotopic (exact) mass is 332 g/mol. The Morgan fingerprint density at radius 1 is 1.35 bits per heavy atom. The molecule has 1 amide bonds. The van der Waals surface area contributed by atoms with Gasteiger partial charge in [-0.3, -0.25) is 4.79 Å². The molecule has 0 saturated carbocycles. The average Bonchev–Trinajstić information content (AvgIpc) is 2.52. The summed E-state index contributed by atoms with van der Waals surface area (Å²) in [5, 5.41) is 3.10. The van der Waals surface area contributed by atoms with E-state index in [9.17, 15) is 4.79 Å². The predicted molar refractivity (Wildman–Crippen MR) is 91.3 cm³/mol. The highest BCUT2D eigenvalue weighted by molar-refractivity contribution is 8.00. The molecule has 0 radical (unpaired) electrons. The van der Waals surface area contributed by atoms with Crippen molar-refractivity contribution in [3.8, 4) is 5.75 Å². The number of methoxy groups -OCH3 is 1. The van der Waals surface area contributed by atoms with Crippen molar-refractivity contribution in [1.29, 1.82) is 0 Å². The molecule has 0 spiro atoms. The lowest BCUT2D eigenvalue weighted by atomic mass is 10.2. The fourth-order valence-electron chi connectivity index (χ4n) is 1.91. The van der Waals surface area contributed by atoms with Crippen molar-refractivity contribution in [3.05, 3.63) is 41.6 Å². The smallest absolute Gasteiger partial charge is 0.233 e. The Morgan fingerprint density at radius 2 is 2.04 bits per heavy atom. The molecule has 6 nitrogen and oxygen atoms in total.